The lowest BCUT2D eigenvalue weighted by molar-refractivity contribution is -0.111. The second-order valence-electron chi connectivity index (χ2n) is 7.96. The molecule has 0 aliphatic carbocycles. The van der Waals surface area contributed by atoms with Gasteiger partial charge in [-0.05, 0) is 74.0 Å². The minimum Gasteiger partial charge on any atom is -0.494 e. The van der Waals surface area contributed by atoms with Crippen molar-refractivity contribution in [3.63, 3.8) is 0 Å². The van der Waals surface area contributed by atoms with E-state index < -0.39 is 0 Å². The first-order chi connectivity index (χ1) is 17.1. The number of aryl methyl sites for hydroxylation is 1. The summed E-state index contributed by atoms with van der Waals surface area (Å²) in [5.41, 5.74) is 4.80. The first kappa shape index (κ1) is 22.2. The molecule has 3 aromatic carbocycles. The highest BCUT2D eigenvalue weighted by atomic mass is 16.5. The van der Waals surface area contributed by atoms with E-state index in [1.807, 2.05) is 92.7 Å². The number of ether oxygens (including phenoxy) is 1. The van der Waals surface area contributed by atoms with Crippen molar-refractivity contribution in [2.24, 2.45) is 0 Å². The second kappa shape index (κ2) is 9.69. The lowest BCUT2D eigenvalue weighted by Gasteiger charge is -2.05. The van der Waals surface area contributed by atoms with Gasteiger partial charge in [-0.3, -0.25) is 4.79 Å². The molecule has 0 fully saturated rings. The number of carbonyl (C=O) groups excluding carboxylic acids is 1. The maximum Gasteiger partial charge on any atom is 0.248 e. The molecule has 5 rings (SSSR count). The zero-order valence-corrected chi connectivity index (χ0v) is 19.4. The lowest BCUT2D eigenvalue weighted by Crippen LogP contribution is -2.08. The molecule has 35 heavy (non-hydrogen) atoms. The first-order valence-electron chi connectivity index (χ1n) is 11.3. The molecule has 5 aromatic rings. The van der Waals surface area contributed by atoms with Gasteiger partial charge in [0.15, 0.2) is 0 Å². The van der Waals surface area contributed by atoms with Crippen LogP contribution < -0.4 is 10.1 Å². The summed E-state index contributed by atoms with van der Waals surface area (Å²) in [7, 11) is 0. The Balaban J connectivity index is 1.30. The van der Waals surface area contributed by atoms with Crippen LogP contribution in [0.15, 0.2) is 89.4 Å². The smallest absolute Gasteiger partial charge is 0.248 e. The number of carbonyl (C=O) groups is 1. The number of hydrogen-bond donors (Lipinski definition) is 1. The van der Waals surface area contributed by atoms with Crippen molar-refractivity contribution in [3.8, 4) is 22.8 Å². The molecule has 1 amide bonds. The number of fused-ring (bicyclic) bond motifs is 1. The molecular formula is C28H24N4O3. The average molecular weight is 465 g/mol. The van der Waals surface area contributed by atoms with Crippen LogP contribution in [-0.2, 0) is 4.79 Å². The molecule has 0 atom stereocenters. The first-order valence-corrected chi connectivity index (χ1v) is 11.3. The average Bonchev–Trinajstić information content (AvgIpc) is 3.51. The minimum atomic E-state index is -0.260. The highest BCUT2D eigenvalue weighted by Gasteiger charge is 2.10. The summed E-state index contributed by atoms with van der Waals surface area (Å²) < 4.78 is 11.3. The molecule has 0 saturated heterocycles. The van der Waals surface area contributed by atoms with Crippen molar-refractivity contribution in [2.75, 3.05) is 11.9 Å². The predicted octanol–water partition coefficient (Wildman–Crippen LogP) is 6.04. The van der Waals surface area contributed by atoms with Crippen LogP contribution in [-0.4, -0.2) is 27.5 Å². The van der Waals surface area contributed by atoms with E-state index in [1.165, 1.54) is 6.08 Å². The van der Waals surface area contributed by atoms with Gasteiger partial charge < -0.3 is 14.5 Å². The molecule has 174 valence electrons. The quantitative estimate of drug-likeness (QED) is 0.297. The van der Waals surface area contributed by atoms with Gasteiger partial charge in [0.25, 0.3) is 0 Å². The summed E-state index contributed by atoms with van der Waals surface area (Å²) in [6.45, 7) is 4.48. The third kappa shape index (κ3) is 4.99. The summed E-state index contributed by atoms with van der Waals surface area (Å²) in [5, 5.41) is 12.1. The molecule has 2 heterocycles. The fourth-order valence-corrected chi connectivity index (χ4v) is 3.69. The Labute approximate surface area is 202 Å². The Morgan fingerprint density at radius 2 is 1.74 bits per heavy atom. The minimum absolute atomic E-state index is 0.260. The van der Waals surface area contributed by atoms with Crippen LogP contribution in [0.25, 0.3) is 34.1 Å². The van der Waals surface area contributed by atoms with Crippen LogP contribution in [0.1, 0.15) is 18.2 Å². The van der Waals surface area contributed by atoms with Gasteiger partial charge >= 0.3 is 0 Å². The summed E-state index contributed by atoms with van der Waals surface area (Å²) >= 11 is 0. The third-order valence-electron chi connectivity index (χ3n) is 5.45. The number of nitrogens with zero attached hydrogens (tertiary/aromatic N) is 3. The van der Waals surface area contributed by atoms with E-state index in [2.05, 4.69) is 15.5 Å². The molecule has 7 heteroatoms. The summed E-state index contributed by atoms with van der Waals surface area (Å²) in [4.78, 5) is 14.1. The molecule has 0 radical (unpaired) electrons. The molecule has 0 saturated carbocycles. The van der Waals surface area contributed by atoms with Gasteiger partial charge in [-0.1, -0.05) is 30.3 Å². The van der Waals surface area contributed by atoms with Crippen molar-refractivity contribution >= 4 is 28.7 Å². The Bertz CT molecular complexity index is 1500. The maximum absolute atomic E-state index is 12.6. The summed E-state index contributed by atoms with van der Waals surface area (Å²) in [6.07, 6.45) is 3.10. The maximum atomic E-state index is 12.6. The van der Waals surface area contributed by atoms with Gasteiger partial charge in [-0.2, -0.15) is 4.80 Å². The van der Waals surface area contributed by atoms with E-state index in [1.54, 1.807) is 10.9 Å². The number of nitrogens with one attached hydrogen (secondary N) is 1. The van der Waals surface area contributed by atoms with Crippen LogP contribution in [0.2, 0.25) is 0 Å². The number of rotatable bonds is 7. The van der Waals surface area contributed by atoms with Crippen LogP contribution >= 0.6 is 0 Å². The van der Waals surface area contributed by atoms with Crippen LogP contribution in [0.3, 0.4) is 0 Å². The molecule has 2 aromatic heterocycles. The van der Waals surface area contributed by atoms with Gasteiger partial charge in [0.05, 0.1) is 12.3 Å². The van der Waals surface area contributed by atoms with E-state index >= 15 is 0 Å². The SMILES string of the molecule is CCOc1ccc(-n2nc3cc(C)c(NC(=O)/C=C/c4ccc(-c5ccccc5)o4)cc3n2)cc1. The van der Waals surface area contributed by atoms with Crippen molar-refractivity contribution in [1.82, 2.24) is 15.0 Å². The molecule has 0 aliphatic heterocycles. The largest absolute Gasteiger partial charge is 0.494 e. The Morgan fingerprint density at radius 1 is 1.00 bits per heavy atom. The normalized spacial score (nSPS) is 11.3. The Hall–Kier alpha value is -4.65. The van der Waals surface area contributed by atoms with Crippen molar-refractivity contribution in [3.05, 3.63) is 96.3 Å². The van der Waals surface area contributed by atoms with Gasteiger partial charge in [-0.25, -0.2) is 0 Å². The number of furan rings is 1. The standard InChI is InChI=1S/C28H24N4O3/c1-3-34-22-11-9-21(10-12-22)32-30-25-17-19(2)24(18-26(25)31-32)29-28(33)16-14-23-13-15-27(35-23)20-7-5-4-6-8-20/h4-18H,3H2,1-2H3,(H,29,33)/b16-14+. The number of aromatic nitrogens is 3. The fourth-order valence-electron chi connectivity index (χ4n) is 3.69. The zero-order valence-electron chi connectivity index (χ0n) is 19.4. The molecular weight excluding hydrogens is 440 g/mol. The van der Waals surface area contributed by atoms with E-state index in [-0.39, 0.29) is 5.91 Å². The summed E-state index contributed by atoms with van der Waals surface area (Å²) in [6, 6.07) is 24.9. The van der Waals surface area contributed by atoms with Gasteiger partial charge in [0.1, 0.15) is 28.3 Å². The van der Waals surface area contributed by atoms with E-state index in [4.69, 9.17) is 9.15 Å². The Morgan fingerprint density at radius 3 is 2.49 bits per heavy atom. The monoisotopic (exact) mass is 464 g/mol. The number of benzene rings is 3. The van der Waals surface area contributed by atoms with Gasteiger partial charge in [-0.15, -0.1) is 10.2 Å². The van der Waals surface area contributed by atoms with Crippen LogP contribution in [0, 0.1) is 6.92 Å². The van der Waals surface area contributed by atoms with Crippen LogP contribution in [0.5, 0.6) is 5.75 Å². The second-order valence-corrected chi connectivity index (χ2v) is 7.96. The number of amides is 1. The van der Waals surface area contributed by atoms with E-state index in [0.29, 0.717) is 23.6 Å². The number of anilines is 1. The predicted molar refractivity (Wildman–Crippen MR) is 137 cm³/mol. The molecule has 0 aliphatic rings. The number of hydrogen-bond acceptors (Lipinski definition) is 5. The van der Waals surface area contributed by atoms with E-state index in [0.717, 1.165) is 33.8 Å². The van der Waals surface area contributed by atoms with Crippen LogP contribution in [0.4, 0.5) is 5.69 Å². The Kier molecular flexibility index (Phi) is 6.13. The molecule has 0 spiro atoms. The zero-order chi connectivity index (χ0) is 24.2. The van der Waals surface area contributed by atoms with E-state index in [9.17, 15) is 4.79 Å². The van der Waals surface area contributed by atoms with Gasteiger partial charge in [0, 0.05) is 17.3 Å². The fraction of sp³-hybridized carbons (Fsp3) is 0.107. The molecule has 0 unspecified atom stereocenters. The molecule has 1 N–H and O–H groups in total. The topological polar surface area (TPSA) is 82.2 Å². The highest BCUT2D eigenvalue weighted by molar-refractivity contribution is 6.03. The third-order valence-corrected chi connectivity index (χ3v) is 5.45. The van der Waals surface area contributed by atoms with Crippen molar-refractivity contribution in [2.45, 2.75) is 13.8 Å². The molecule has 7 nitrogen and oxygen atoms in total. The lowest BCUT2D eigenvalue weighted by atomic mass is 10.1. The van der Waals surface area contributed by atoms with Gasteiger partial charge in [0.2, 0.25) is 5.91 Å². The highest BCUT2D eigenvalue weighted by Crippen LogP contribution is 2.24. The summed E-state index contributed by atoms with van der Waals surface area (Å²) in [5.74, 6) is 1.89. The molecule has 0 bridgehead atoms. The van der Waals surface area contributed by atoms with Crippen molar-refractivity contribution < 1.29 is 13.9 Å². The van der Waals surface area contributed by atoms with Crippen molar-refractivity contribution in [1.29, 1.82) is 0 Å².